The van der Waals surface area contributed by atoms with Crippen LogP contribution in [-0.4, -0.2) is 53.6 Å². The maximum atomic E-state index is 12.4. The maximum Gasteiger partial charge on any atom is 0.237 e. The van der Waals surface area contributed by atoms with Gasteiger partial charge in [-0.1, -0.05) is 6.07 Å². The summed E-state index contributed by atoms with van der Waals surface area (Å²) < 4.78 is 0. The molecule has 1 aromatic heterocycles. The van der Waals surface area contributed by atoms with Crippen LogP contribution in [-0.2, 0) is 4.79 Å². The molecule has 2 aliphatic rings. The fourth-order valence-electron chi connectivity index (χ4n) is 3.54. The van der Waals surface area contributed by atoms with E-state index in [2.05, 4.69) is 28.2 Å². The number of anilines is 1. The first-order valence-corrected chi connectivity index (χ1v) is 8.71. The molecule has 0 spiro atoms. The molecule has 3 heterocycles. The molecule has 8 heteroatoms. The van der Waals surface area contributed by atoms with Gasteiger partial charge in [0.05, 0.1) is 12.6 Å². The Morgan fingerprint density at radius 1 is 1.35 bits per heavy atom. The van der Waals surface area contributed by atoms with Crippen molar-refractivity contribution in [3.63, 3.8) is 0 Å². The van der Waals surface area contributed by atoms with Crippen LogP contribution in [0.4, 0.5) is 5.82 Å². The van der Waals surface area contributed by atoms with E-state index in [0.29, 0.717) is 13.1 Å². The number of halogens is 2. The lowest BCUT2D eigenvalue weighted by molar-refractivity contribution is -0.130. The van der Waals surface area contributed by atoms with Gasteiger partial charge in [0.1, 0.15) is 11.9 Å². The zero-order chi connectivity index (χ0) is 17.0. The molecule has 0 radical (unpaired) electrons. The van der Waals surface area contributed by atoms with Crippen molar-refractivity contribution >= 4 is 36.5 Å². The lowest BCUT2D eigenvalue weighted by Gasteiger charge is -2.40. The Kier molecular flexibility index (Phi) is 8.61. The Morgan fingerprint density at radius 2 is 2.08 bits per heavy atom. The number of piperidine rings is 1. The summed E-state index contributed by atoms with van der Waals surface area (Å²) in [5.41, 5.74) is -0.0389. The van der Waals surface area contributed by atoms with E-state index in [0.717, 1.165) is 44.6 Å². The molecule has 2 fully saturated rings. The minimum atomic E-state index is -0.238. The molecule has 26 heavy (non-hydrogen) atoms. The van der Waals surface area contributed by atoms with Gasteiger partial charge in [-0.3, -0.25) is 4.79 Å². The van der Waals surface area contributed by atoms with E-state index in [9.17, 15) is 4.79 Å². The third-order valence-electron chi connectivity index (χ3n) is 5.23. The normalized spacial score (nSPS) is 21.3. The Balaban J connectivity index is 0.00000169. The largest absolute Gasteiger partial charge is 0.356 e. The second kappa shape index (κ2) is 9.96. The van der Waals surface area contributed by atoms with Crippen molar-refractivity contribution in [2.45, 2.75) is 44.2 Å². The molecular weight excluding hydrogens is 373 g/mol. The van der Waals surface area contributed by atoms with Crippen LogP contribution in [0.25, 0.3) is 0 Å². The van der Waals surface area contributed by atoms with Gasteiger partial charge in [-0.15, -0.1) is 24.8 Å². The molecule has 0 bridgehead atoms. The van der Waals surface area contributed by atoms with E-state index in [-0.39, 0.29) is 42.3 Å². The molecule has 1 aromatic rings. The molecule has 1 N–H and O–H groups in total. The monoisotopic (exact) mass is 399 g/mol. The number of carbonyl (C=O) groups is 1. The third-order valence-corrected chi connectivity index (χ3v) is 5.23. The fraction of sp³-hybridized carbons (Fsp3) is 0.611. The summed E-state index contributed by atoms with van der Waals surface area (Å²) in [6.45, 7) is 5.07. The summed E-state index contributed by atoms with van der Waals surface area (Å²) in [6, 6.07) is 7.97. The molecule has 0 saturated carbocycles. The van der Waals surface area contributed by atoms with Crippen molar-refractivity contribution in [3.05, 3.63) is 24.4 Å². The lowest BCUT2D eigenvalue weighted by Crippen LogP contribution is -2.54. The number of carbonyl (C=O) groups excluding carboxylic acids is 1. The number of likely N-dealkylation sites (tertiary alicyclic amines) is 1. The van der Waals surface area contributed by atoms with Gasteiger partial charge < -0.3 is 15.1 Å². The summed E-state index contributed by atoms with van der Waals surface area (Å²) >= 11 is 0. The quantitative estimate of drug-likeness (QED) is 0.840. The molecule has 6 nitrogen and oxygen atoms in total. The average Bonchev–Trinajstić information content (AvgIpc) is 3.10. The third kappa shape index (κ3) is 5.23. The number of rotatable bonds is 4. The van der Waals surface area contributed by atoms with E-state index in [4.69, 9.17) is 5.26 Å². The van der Waals surface area contributed by atoms with Gasteiger partial charge in [0, 0.05) is 31.4 Å². The van der Waals surface area contributed by atoms with Gasteiger partial charge in [0.2, 0.25) is 5.91 Å². The van der Waals surface area contributed by atoms with E-state index in [1.165, 1.54) is 0 Å². The minimum absolute atomic E-state index is 0. The number of nitrogens with zero attached hydrogens (tertiary/aromatic N) is 4. The van der Waals surface area contributed by atoms with Crippen molar-refractivity contribution in [1.29, 1.82) is 5.26 Å². The van der Waals surface area contributed by atoms with Crippen LogP contribution in [0.1, 0.15) is 32.6 Å². The molecule has 2 saturated heterocycles. The number of aromatic nitrogens is 1. The summed E-state index contributed by atoms with van der Waals surface area (Å²) in [7, 11) is 0. The molecule has 1 atom stereocenters. The van der Waals surface area contributed by atoms with E-state index < -0.39 is 0 Å². The molecule has 1 amide bonds. The summed E-state index contributed by atoms with van der Waals surface area (Å²) in [4.78, 5) is 20.8. The molecule has 144 valence electrons. The van der Waals surface area contributed by atoms with Crippen molar-refractivity contribution < 1.29 is 4.79 Å². The average molecular weight is 400 g/mol. The number of nitriles is 1. The maximum absolute atomic E-state index is 12.4. The van der Waals surface area contributed by atoms with Crippen LogP contribution in [0.5, 0.6) is 0 Å². The van der Waals surface area contributed by atoms with Gasteiger partial charge in [-0.05, 0) is 44.7 Å². The first-order valence-electron chi connectivity index (χ1n) is 8.71. The summed E-state index contributed by atoms with van der Waals surface area (Å²) in [5.74, 6) is 1.07. The van der Waals surface area contributed by atoms with Crippen LogP contribution in [0.3, 0.4) is 0 Å². The minimum Gasteiger partial charge on any atom is -0.356 e. The Morgan fingerprint density at radius 3 is 2.69 bits per heavy atom. The number of hydrogen-bond donors (Lipinski definition) is 1. The fourth-order valence-corrected chi connectivity index (χ4v) is 3.54. The molecule has 0 unspecified atom stereocenters. The highest BCUT2D eigenvalue weighted by molar-refractivity contribution is 5.85. The first kappa shape index (κ1) is 22.5. The predicted octanol–water partition coefficient (Wildman–Crippen LogP) is 2.39. The van der Waals surface area contributed by atoms with E-state index in [1.54, 1.807) is 4.90 Å². The van der Waals surface area contributed by atoms with Crippen LogP contribution in [0, 0.1) is 11.3 Å². The molecule has 0 aliphatic carbocycles. The van der Waals surface area contributed by atoms with Gasteiger partial charge in [-0.2, -0.15) is 5.26 Å². The standard InChI is InChI=1S/C18H25N5O.2ClH/c1-18(21-14-17(24)23-10-4-5-15(23)13-19)7-11-22(12-8-18)16-6-2-3-9-20-16;;/h2-3,6,9,15,21H,4-5,7-8,10-12,14H2,1H3;2*1H/t15-;;/m0../s1. The Hall–Kier alpha value is -1.55. The summed E-state index contributed by atoms with van der Waals surface area (Å²) in [6.07, 6.45) is 5.50. The second-order valence-corrected chi connectivity index (χ2v) is 6.96. The summed E-state index contributed by atoms with van der Waals surface area (Å²) in [5, 5.41) is 12.6. The number of hydrogen-bond acceptors (Lipinski definition) is 5. The number of nitrogens with one attached hydrogen (secondary N) is 1. The van der Waals surface area contributed by atoms with Crippen molar-refractivity contribution in [3.8, 4) is 6.07 Å². The molecule has 0 aromatic carbocycles. The Labute approximate surface area is 167 Å². The zero-order valence-corrected chi connectivity index (χ0v) is 16.7. The van der Waals surface area contributed by atoms with Crippen molar-refractivity contribution in [2.24, 2.45) is 0 Å². The van der Waals surface area contributed by atoms with E-state index in [1.807, 2.05) is 24.4 Å². The highest BCUT2D eigenvalue weighted by Gasteiger charge is 2.33. The molecule has 2 aliphatic heterocycles. The lowest BCUT2D eigenvalue weighted by atomic mass is 9.89. The molecular formula is C18H27Cl2N5O. The van der Waals surface area contributed by atoms with Gasteiger partial charge in [-0.25, -0.2) is 4.98 Å². The topological polar surface area (TPSA) is 72.3 Å². The van der Waals surface area contributed by atoms with Crippen LogP contribution >= 0.6 is 24.8 Å². The second-order valence-electron chi connectivity index (χ2n) is 6.96. The highest BCUT2D eigenvalue weighted by atomic mass is 35.5. The highest BCUT2D eigenvalue weighted by Crippen LogP contribution is 2.25. The first-order chi connectivity index (χ1) is 11.6. The van der Waals surface area contributed by atoms with Crippen LogP contribution in [0.2, 0.25) is 0 Å². The zero-order valence-electron chi connectivity index (χ0n) is 15.1. The van der Waals surface area contributed by atoms with E-state index >= 15 is 0 Å². The van der Waals surface area contributed by atoms with Crippen molar-refractivity contribution in [1.82, 2.24) is 15.2 Å². The number of pyridine rings is 1. The number of amides is 1. The Bertz CT molecular complexity index is 614. The van der Waals surface area contributed by atoms with Crippen LogP contribution in [0.15, 0.2) is 24.4 Å². The van der Waals surface area contributed by atoms with Crippen LogP contribution < -0.4 is 10.2 Å². The smallest absolute Gasteiger partial charge is 0.237 e. The van der Waals surface area contributed by atoms with Gasteiger partial charge in [0.25, 0.3) is 0 Å². The molecule has 3 rings (SSSR count). The van der Waals surface area contributed by atoms with Crippen molar-refractivity contribution in [2.75, 3.05) is 31.1 Å². The van der Waals surface area contributed by atoms with Gasteiger partial charge >= 0.3 is 0 Å². The SMILES string of the molecule is CC1(NCC(=O)N2CCC[C@H]2C#N)CCN(c2ccccn2)CC1.Cl.Cl. The van der Waals surface area contributed by atoms with Gasteiger partial charge in [0.15, 0.2) is 0 Å². The predicted molar refractivity (Wildman–Crippen MR) is 107 cm³/mol.